The van der Waals surface area contributed by atoms with Crippen LogP contribution in [0.25, 0.3) is 0 Å². The number of carbonyl (C=O) groups is 1. The first kappa shape index (κ1) is 13.2. The highest BCUT2D eigenvalue weighted by atomic mass is 16.5. The molecule has 5 heteroatoms. The molecule has 5 nitrogen and oxygen atoms in total. The monoisotopic (exact) mass is 238 g/mol. The number of hydrogen-bond donors (Lipinski definition) is 2. The average molecular weight is 238 g/mol. The lowest BCUT2D eigenvalue weighted by Gasteiger charge is -2.12. The van der Waals surface area contributed by atoms with Gasteiger partial charge in [-0.1, -0.05) is 13.8 Å². The summed E-state index contributed by atoms with van der Waals surface area (Å²) in [7, 11) is 1.51. The molecule has 1 amide bonds. The number of hydrogen-bond acceptors (Lipinski definition) is 4. The average Bonchev–Trinajstić information content (AvgIpc) is 2.28. The van der Waals surface area contributed by atoms with Gasteiger partial charge in [0.15, 0.2) is 0 Å². The van der Waals surface area contributed by atoms with Gasteiger partial charge in [-0.05, 0) is 18.1 Å². The molecule has 1 aromatic carbocycles. The molecule has 0 unspecified atom stereocenters. The summed E-state index contributed by atoms with van der Waals surface area (Å²) in [6.07, 6.45) is -0.498. The lowest BCUT2D eigenvalue weighted by molar-refractivity contribution is 0.147. The van der Waals surface area contributed by atoms with E-state index in [1.165, 1.54) is 7.11 Å². The molecule has 1 aromatic rings. The van der Waals surface area contributed by atoms with Crippen LogP contribution in [0.3, 0.4) is 0 Å². The van der Waals surface area contributed by atoms with Crippen molar-refractivity contribution in [2.75, 3.05) is 24.8 Å². The zero-order chi connectivity index (χ0) is 12.8. The maximum Gasteiger partial charge on any atom is 0.411 e. The number of anilines is 2. The summed E-state index contributed by atoms with van der Waals surface area (Å²) in [6.45, 7) is 4.32. The molecule has 0 aliphatic carbocycles. The van der Waals surface area contributed by atoms with E-state index in [-0.39, 0.29) is 0 Å². The Morgan fingerprint density at radius 3 is 2.76 bits per heavy atom. The Hall–Kier alpha value is -1.91. The third-order valence-corrected chi connectivity index (χ3v) is 2.01. The second kappa shape index (κ2) is 5.98. The number of nitrogens with one attached hydrogen (secondary N) is 1. The van der Waals surface area contributed by atoms with Gasteiger partial charge in [0, 0.05) is 11.8 Å². The highest BCUT2D eigenvalue weighted by Gasteiger charge is 2.09. The highest BCUT2D eigenvalue weighted by Crippen LogP contribution is 2.26. The fourth-order valence-electron chi connectivity index (χ4n) is 1.20. The molecular formula is C12H18N2O3. The summed E-state index contributed by atoms with van der Waals surface area (Å²) in [6, 6.07) is 4.99. The van der Waals surface area contributed by atoms with Crippen molar-refractivity contribution in [1.82, 2.24) is 0 Å². The predicted octanol–water partition coefficient (Wildman–Crippen LogP) is 2.48. The molecule has 0 spiro atoms. The van der Waals surface area contributed by atoms with Gasteiger partial charge in [0.1, 0.15) is 5.75 Å². The first-order valence-electron chi connectivity index (χ1n) is 5.40. The van der Waals surface area contributed by atoms with Crippen LogP contribution in [-0.2, 0) is 4.74 Å². The van der Waals surface area contributed by atoms with E-state index in [9.17, 15) is 4.79 Å². The number of nitrogens with two attached hydrogens (primary N) is 1. The molecule has 0 saturated heterocycles. The summed E-state index contributed by atoms with van der Waals surface area (Å²) in [5.41, 5.74) is 6.72. The summed E-state index contributed by atoms with van der Waals surface area (Å²) >= 11 is 0. The van der Waals surface area contributed by atoms with Gasteiger partial charge in [-0.15, -0.1) is 0 Å². The summed E-state index contributed by atoms with van der Waals surface area (Å²) in [4.78, 5) is 11.4. The molecule has 0 heterocycles. The number of methoxy groups -OCH3 is 1. The second-order valence-corrected chi connectivity index (χ2v) is 4.08. The van der Waals surface area contributed by atoms with Gasteiger partial charge in [-0.25, -0.2) is 4.79 Å². The molecule has 0 bridgehead atoms. The van der Waals surface area contributed by atoms with Crippen LogP contribution in [0.1, 0.15) is 13.8 Å². The number of nitrogen functional groups attached to an aromatic ring is 1. The first-order chi connectivity index (χ1) is 8.02. The van der Waals surface area contributed by atoms with Gasteiger partial charge in [-0.2, -0.15) is 0 Å². The Bertz CT molecular complexity index is 391. The normalized spacial score (nSPS) is 10.1. The van der Waals surface area contributed by atoms with Crippen LogP contribution in [0.15, 0.2) is 18.2 Å². The lowest BCUT2D eigenvalue weighted by Crippen LogP contribution is -2.17. The van der Waals surface area contributed by atoms with Crippen molar-refractivity contribution in [3.63, 3.8) is 0 Å². The second-order valence-electron chi connectivity index (χ2n) is 4.08. The number of rotatable bonds is 4. The van der Waals surface area contributed by atoms with Crippen molar-refractivity contribution in [3.8, 4) is 5.75 Å². The van der Waals surface area contributed by atoms with E-state index in [2.05, 4.69) is 5.32 Å². The molecule has 94 valence electrons. The minimum atomic E-state index is -0.498. The molecule has 3 N–H and O–H groups in total. The van der Waals surface area contributed by atoms with E-state index in [4.69, 9.17) is 15.2 Å². The van der Waals surface area contributed by atoms with E-state index in [0.717, 1.165) is 0 Å². The molecule has 17 heavy (non-hydrogen) atoms. The Labute approximate surface area is 101 Å². The van der Waals surface area contributed by atoms with E-state index in [1.54, 1.807) is 18.2 Å². The molecule has 0 aliphatic rings. The molecule has 0 atom stereocenters. The summed E-state index contributed by atoms with van der Waals surface area (Å²) < 4.78 is 10.1. The summed E-state index contributed by atoms with van der Waals surface area (Å²) in [5.74, 6) is 0.806. The van der Waals surface area contributed by atoms with Crippen molar-refractivity contribution in [1.29, 1.82) is 0 Å². The molecular weight excluding hydrogens is 220 g/mol. The minimum absolute atomic E-state index is 0.300. The van der Waals surface area contributed by atoms with Gasteiger partial charge in [0.25, 0.3) is 0 Å². The number of ether oxygens (including phenoxy) is 2. The maximum atomic E-state index is 11.4. The summed E-state index contributed by atoms with van der Waals surface area (Å²) in [5, 5.41) is 2.60. The molecule has 1 rings (SSSR count). The fourth-order valence-corrected chi connectivity index (χ4v) is 1.20. The number of amides is 1. The fraction of sp³-hybridized carbons (Fsp3) is 0.417. The highest BCUT2D eigenvalue weighted by molar-refractivity contribution is 5.87. The topological polar surface area (TPSA) is 73.6 Å². The Kier molecular flexibility index (Phi) is 4.63. The van der Waals surface area contributed by atoms with Crippen LogP contribution in [0.2, 0.25) is 0 Å². The first-order valence-corrected chi connectivity index (χ1v) is 5.40. The standard InChI is InChI=1S/C12H18N2O3/c1-8(2)7-17-12(15)14-10-5-4-9(13)6-11(10)16-3/h4-6,8H,7,13H2,1-3H3,(H,14,15). The van der Waals surface area contributed by atoms with Gasteiger partial charge in [-0.3, -0.25) is 5.32 Å². The van der Waals surface area contributed by atoms with Crippen molar-refractivity contribution < 1.29 is 14.3 Å². The van der Waals surface area contributed by atoms with E-state index in [1.807, 2.05) is 13.8 Å². The predicted molar refractivity (Wildman–Crippen MR) is 67.2 cm³/mol. The number of carbonyl (C=O) groups excluding carboxylic acids is 1. The smallest absolute Gasteiger partial charge is 0.411 e. The largest absolute Gasteiger partial charge is 0.494 e. The van der Waals surface area contributed by atoms with E-state index >= 15 is 0 Å². The minimum Gasteiger partial charge on any atom is -0.494 e. The van der Waals surface area contributed by atoms with Crippen molar-refractivity contribution >= 4 is 17.5 Å². The molecule has 0 fully saturated rings. The van der Waals surface area contributed by atoms with Crippen LogP contribution in [0, 0.1) is 5.92 Å². The SMILES string of the molecule is COc1cc(N)ccc1NC(=O)OCC(C)C. The van der Waals surface area contributed by atoms with Gasteiger partial charge in [0.2, 0.25) is 0 Å². The van der Waals surface area contributed by atoms with Crippen LogP contribution in [0.5, 0.6) is 5.75 Å². The lowest BCUT2D eigenvalue weighted by atomic mass is 10.2. The van der Waals surface area contributed by atoms with Gasteiger partial charge in [0.05, 0.1) is 19.4 Å². The Morgan fingerprint density at radius 2 is 2.18 bits per heavy atom. The molecule has 0 radical (unpaired) electrons. The zero-order valence-corrected chi connectivity index (χ0v) is 10.3. The van der Waals surface area contributed by atoms with E-state index in [0.29, 0.717) is 29.6 Å². The van der Waals surface area contributed by atoms with Crippen molar-refractivity contribution in [2.24, 2.45) is 5.92 Å². The van der Waals surface area contributed by atoms with Crippen LogP contribution in [-0.4, -0.2) is 19.8 Å². The molecule has 0 aromatic heterocycles. The van der Waals surface area contributed by atoms with Gasteiger partial charge < -0.3 is 15.2 Å². The third kappa shape index (κ3) is 4.22. The van der Waals surface area contributed by atoms with Crippen LogP contribution < -0.4 is 15.8 Å². The van der Waals surface area contributed by atoms with Crippen molar-refractivity contribution in [3.05, 3.63) is 18.2 Å². The number of benzene rings is 1. The molecule has 0 aliphatic heterocycles. The van der Waals surface area contributed by atoms with Crippen LogP contribution >= 0.6 is 0 Å². The third-order valence-electron chi connectivity index (χ3n) is 2.01. The van der Waals surface area contributed by atoms with Crippen LogP contribution in [0.4, 0.5) is 16.2 Å². The quantitative estimate of drug-likeness (QED) is 0.790. The van der Waals surface area contributed by atoms with Crippen molar-refractivity contribution in [2.45, 2.75) is 13.8 Å². The Morgan fingerprint density at radius 1 is 1.47 bits per heavy atom. The maximum absolute atomic E-state index is 11.4. The van der Waals surface area contributed by atoms with E-state index < -0.39 is 6.09 Å². The Balaban J connectivity index is 2.64. The zero-order valence-electron chi connectivity index (χ0n) is 10.3. The molecule has 0 saturated carbocycles. The van der Waals surface area contributed by atoms with Gasteiger partial charge >= 0.3 is 6.09 Å².